The molecule has 0 saturated carbocycles. The first kappa shape index (κ1) is 12.2. The minimum Gasteiger partial charge on any atom is -0.478 e. The van der Waals surface area contributed by atoms with Gasteiger partial charge >= 0.3 is 5.97 Å². The maximum absolute atomic E-state index is 10.4. The fourth-order valence-electron chi connectivity index (χ4n) is 1.15. The molecule has 2 heteroatoms. The van der Waals surface area contributed by atoms with Crippen molar-refractivity contribution in [3.8, 4) is 0 Å². The molecule has 0 rings (SSSR count). The minimum atomic E-state index is -0.798. The maximum atomic E-state index is 10.4. The summed E-state index contributed by atoms with van der Waals surface area (Å²) in [5, 5.41) is 8.55. The molecule has 0 aliphatic heterocycles. The van der Waals surface area contributed by atoms with Crippen LogP contribution in [0.2, 0.25) is 0 Å². The SMILES string of the molecule is CCCCCCC/C=C(\C)C(=O)O. The van der Waals surface area contributed by atoms with Crippen LogP contribution in [-0.4, -0.2) is 11.1 Å². The zero-order valence-corrected chi connectivity index (χ0v) is 8.68. The molecule has 76 valence electrons. The fourth-order valence-corrected chi connectivity index (χ4v) is 1.15. The number of hydrogen-bond acceptors (Lipinski definition) is 1. The molecule has 0 aliphatic carbocycles. The molecule has 0 radical (unpaired) electrons. The van der Waals surface area contributed by atoms with E-state index in [2.05, 4.69) is 6.92 Å². The van der Waals surface area contributed by atoms with Gasteiger partial charge in [0.25, 0.3) is 0 Å². The van der Waals surface area contributed by atoms with Gasteiger partial charge in [-0.15, -0.1) is 0 Å². The number of unbranched alkanes of at least 4 members (excludes halogenated alkanes) is 5. The molecule has 13 heavy (non-hydrogen) atoms. The van der Waals surface area contributed by atoms with Crippen LogP contribution < -0.4 is 0 Å². The van der Waals surface area contributed by atoms with E-state index in [0.717, 1.165) is 12.8 Å². The standard InChI is InChI=1S/C11H20O2/c1-3-4-5-6-7-8-9-10(2)11(12)13/h9H,3-8H2,1-2H3,(H,12,13)/b10-9+. The van der Waals surface area contributed by atoms with Crippen molar-refractivity contribution in [1.82, 2.24) is 0 Å². The third-order valence-corrected chi connectivity index (χ3v) is 2.10. The van der Waals surface area contributed by atoms with Gasteiger partial charge in [-0.25, -0.2) is 4.79 Å². The highest BCUT2D eigenvalue weighted by atomic mass is 16.4. The van der Waals surface area contributed by atoms with Crippen LogP contribution in [-0.2, 0) is 4.79 Å². The molecular formula is C11H20O2. The summed E-state index contributed by atoms with van der Waals surface area (Å²) >= 11 is 0. The van der Waals surface area contributed by atoms with Gasteiger partial charge in [-0.3, -0.25) is 0 Å². The van der Waals surface area contributed by atoms with Gasteiger partial charge in [-0.2, -0.15) is 0 Å². The second-order valence-corrected chi connectivity index (χ2v) is 3.40. The Kier molecular flexibility index (Phi) is 7.36. The zero-order valence-electron chi connectivity index (χ0n) is 8.68. The van der Waals surface area contributed by atoms with E-state index in [1.165, 1.54) is 25.7 Å². The third kappa shape index (κ3) is 7.57. The van der Waals surface area contributed by atoms with Crippen molar-refractivity contribution in [3.63, 3.8) is 0 Å². The zero-order chi connectivity index (χ0) is 10.1. The van der Waals surface area contributed by atoms with E-state index in [4.69, 9.17) is 5.11 Å². The largest absolute Gasteiger partial charge is 0.478 e. The van der Waals surface area contributed by atoms with Crippen molar-refractivity contribution in [2.24, 2.45) is 0 Å². The van der Waals surface area contributed by atoms with Crippen LogP contribution in [0, 0.1) is 0 Å². The molecule has 0 unspecified atom stereocenters. The topological polar surface area (TPSA) is 37.3 Å². The van der Waals surface area contributed by atoms with Crippen LogP contribution in [0.5, 0.6) is 0 Å². The molecule has 0 saturated heterocycles. The van der Waals surface area contributed by atoms with Crippen LogP contribution in [0.3, 0.4) is 0 Å². The molecule has 0 aliphatic rings. The van der Waals surface area contributed by atoms with Gasteiger partial charge < -0.3 is 5.11 Å². The number of carboxylic acids is 1. The minimum absolute atomic E-state index is 0.468. The van der Waals surface area contributed by atoms with E-state index in [1.54, 1.807) is 6.92 Å². The second kappa shape index (κ2) is 7.84. The Balaban J connectivity index is 3.34. The molecule has 0 aromatic rings. The van der Waals surface area contributed by atoms with Crippen molar-refractivity contribution >= 4 is 5.97 Å². The second-order valence-electron chi connectivity index (χ2n) is 3.40. The average molecular weight is 184 g/mol. The van der Waals surface area contributed by atoms with Crippen molar-refractivity contribution < 1.29 is 9.90 Å². The molecule has 0 amide bonds. The van der Waals surface area contributed by atoms with Gasteiger partial charge in [0.2, 0.25) is 0 Å². The van der Waals surface area contributed by atoms with Crippen molar-refractivity contribution in [1.29, 1.82) is 0 Å². The first-order chi connectivity index (χ1) is 6.18. The first-order valence-corrected chi connectivity index (χ1v) is 5.08. The molecule has 0 aromatic carbocycles. The number of carboxylic acid groups (broad SMARTS) is 1. The highest BCUT2D eigenvalue weighted by molar-refractivity contribution is 5.85. The molecule has 0 heterocycles. The monoisotopic (exact) mass is 184 g/mol. The van der Waals surface area contributed by atoms with Gasteiger partial charge in [0.1, 0.15) is 0 Å². The third-order valence-electron chi connectivity index (χ3n) is 2.10. The molecule has 0 aromatic heterocycles. The lowest BCUT2D eigenvalue weighted by molar-refractivity contribution is -0.132. The van der Waals surface area contributed by atoms with Gasteiger partial charge in [0.05, 0.1) is 0 Å². The van der Waals surface area contributed by atoms with E-state index in [9.17, 15) is 4.79 Å². The molecule has 0 bridgehead atoms. The summed E-state index contributed by atoms with van der Waals surface area (Å²) in [6, 6.07) is 0. The summed E-state index contributed by atoms with van der Waals surface area (Å²) in [6.45, 7) is 3.84. The summed E-state index contributed by atoms with van der Waals surface area (Å²) in [6.07, 6.45) is 8.88. The summed E-state index contributed by atoms with van der Waals surface area (Å²) in [7, 11) is 0. The number of hydrogen-bond donors (Lipinski definition) is 1. The van der Waals surface area contributed by atoms with Gasteiger partial charge in [0.15, 0.2) is 0 Å². The van der Waals surface area contributed by atoms with Gasteiger partial charge in [0, 0.05) is 5.57 Å². The lowest BCUT2D eigenvalue weighted by Crippen LogP contribution is -1.95. The van der Waals surface area contributed by atoms with Crippen LogP contribution in [0.25, 0.3) is 0 Å². The predicted octanol–water partition coefficient (Wildman–Crippen LogP) is 3.38. The summed E-state index contributed by atoms with van der Waals surface area (Å²) in [5.74, 6) is -0.798. The normalized spacial score (nSPS) is 11.7. The molecule has 0 spiro atoms. The van der Waals surface area contributed by atoms with Crippen molar-refractivity contribution in [2.45, 2.75) is 52.4 Å². The molecule has 2 nitrogen and oxygen atoms in total. The van der Waals surface area contributed by atoms with E-state index in [-0.39, 0.29) is 0 Å². The highest BCUT2D eigenvalue weighted by Crippen LogP contribution is 2.06. The smallest absolute Gasteiger partial charge is 0.330 e. The molecule has 1 N–H and O–H groups in total. The van der Waals surface area contributed by atoms with Crippen molar-refractivity contribution in [3.05, 3.63) is 11.6 Å². The Morgan fingerprint density at radius 3 is 2.38 bits per heavy atom. The summed E-state index contributed by atoms with van der Waals surface area (Å²) < 4.78 is 0. The highest BCUT2D eigenvalue weighted by Gasteiger charge is 1.97. The van der Waals surface area contributed by atoms with E-state index < -0.39 is 5.97 Å². The fraction of sp³-hybridized carbons (Fsp3) is 0.727. The maximum Gasteiger partial charge on any atom is 0.330 e. The van der Waals surface area contributed by atoms with Gasteiger partial charge in [-0.05, 0) is 19.8 Å². The van der Waals surface area contributed by atoms with Crippen molar-refractivity contribution in [2.75, 3.05) is 0 Å². The Hall–Kier alpha value is -0.790. The number of aliphatic carboxylic acids is 1. The number of rotatable bonds is 7. The lowest BCUT2D eigenvalue weighted by atomic mass is 10.1. The lowest BCUT2D eigenvalue weighted by Gasteiger charge is -1.97. The number of carbonyl (C=O) groups is 1. The number of allylic oxidation sites excluding steroid dienone is 1. The van der Waals surface area contributed by atoms with Crippen LogP contribution in [0.1, 0.15) is 52.4 Å². The van der Waals surface area contributed by atoms with E-state index >= 15 is 0 Å². The molecule has 0 atom stereocenters. The van der Waals surface area contributed by atoms with Gasteiger partial charge in [-0.1, -0.05) is 38.7 Å². The van der Waals surface area contributed by atoms with Crippen LogP contribution in [0.4, 0.5) is 0 Å². The Labute approximate surface area is 80.7 Å². The molecule has 0 fully saturated rings. The predicted molar refractivity (Wildman–Crippen MR) is 54.8 cm³/mol. The van der Waals surface area contributed by atoms with E-state index in [0.29, 0.717) is 5.57 Å². The Bertz CT molecular complexity index is 171. The van der Waals surface area contributed by atoms with E-state index in [1.807, 2.05) is 6.08 Å². The summed E-state index contributed by atoms with van der Waals surface area (Å²) in [4.78, 5) is 10.4. The molecular weight excluding hydrogens is 164 g/mol. The average Bonchev–Trinajstić information content (AvgIpc) is 2.10. The first-order valence-electron chi connectivity index (χ1n) is 5.08. The quantitative estimate of drug-likeness (QED) is 0.486. The van der Waals surface area contributed by atoms with Crippen LogP contribution >= 0.6 is 0 Å². The Morgan fingerprint density at radius 2 is 1.85 bits per heavy atom. The van der Waals surface area contributed by atoms with Crippen LogP contribution in [0.15, 0.2) is 11.6 Å². The Morgan fingerprint density at radius 1 is 1.23 bits per heavy atom. The summed E-state index contributed by atoms with van der Waals surface area (Å²) in [5.41, 5.74) is 0.468.